The van der Waals surface area contributed by atoms with Crippen LogP contribution in [0.25, 0.3) is 11.4 Å². The quantitative estimate of drug-likeness (QED) is 0.541. The van der Waals surface area contributed by atoms with E-state index in [2.05, 4.69) is 32.4 Å². The molecule has 1 N–H and O–H groups in total. The minimum atomic E-state index is -4.93. The number of hydrogen-bond acceptors (Lipinski definition) is 5. The van der Waals surface area contributed by atoms with E-state index in [1.54, 1.807) is 22.1 Å². The van der Waals surface area contributed by atoms with Crippen molar-refractivity contribution >= 4 is 11.7 Å². The smallest absolute Gasteiger partial charge is 0.318 e. The maximum atomic E-state index is 14.8. The van der Waals surface area contributed by atoms with Crippen LogP contribution in [0.15, 0.2) is 37.2 Å². The summed E-state index contributed by atoms with van der Waals surface area (Å²) in [4.78, 5) is 22.1. The van der Waals surface area contributed by atoms with E-state index in [0.29, 0.717) is 31.3 Å². The lowest BCUT2D eigenvalue weighted by Gasteiger charge is -2.63. The van der Waals surface area contributed by atoms with Gasteiger partial charge in [0.1, 0.15) is 18.5 Å². The van der Waals surface area contributed by atoms with Crippen molar-refractivity contribution < 1.29 is 26.7 Å². The fourth-order valence-corrected chi connectivity index (χ4v) is 5.42. The highest BCUT2D eigenvalue weighted by Gasteiger charge is 2.58. The summed E-state index contributed by atoms with van der Waals surface area (Å²) >= 11 is 0. The van der Waals surface area contributed by atoms with Crippen molar-refractivity contribution in [2.24, 2.45) is 5.92 Å². The SMILES string of the molecule is C[C@H]1CC2CC(Cn3cnnc3)(C1)N2C(=O)Nc1cc(-c2ncc(F)cn2)c(C(F)(F)F)cc1F. The first-order valence-electron chi connectivity index (χ1n) is 10.9. The number of alkyl halides is 3. The minimum absolute atomic E-state index is 0.0763. The van der Waals surface area contributed by atoms with Crippen molar-refractivity contribution in [3.8, 4) is 11.4 Å². The predicted octanol–water partition coefficient (Wildman–Crippen LogP) is 4.51. The van der Waals surface area contributed by atoms with Gasteiger partial charge in [0.25, 0.3) is 0 Å². The van der Waals surface area contributed by atoms with Gasteiger partial charge in [-0.15, -0.1) is 10.2 Å². The Labute approximate surface area is 196 Å². The summed E-state index contributed by atoms with van der Waals surface area (Å²) < 4.78 is 70.6. The van der Waals surface area contributed by atoms with Crippen molar-refractivity contribution in [1.29, 1.82) is 0 Å². The van der Waals surface area contributed by atoms with Gasteiger partial charge in [0.2, 0.25) is 0 Å². The Morgan fingerprint density at radius 1 is 1.14 bits per heavy atom. The lowest BCUT2D eigenvalue weighted by Crippen LogP contribution is -2.73. The van der Waals surface area contributed by atoms with Gasteiger partial charge in [-0.3, -0.25) is 0 Å². The molecule has 3 fully saturated rings. The molecule has 0 radical (unpaired) electrons. The van der Waals surface area contributed by atoms with E-state index < -0.39 is 52.0 Å². The molecule has 1 aliphatic carbocycles. The zero-order chi connectivity index (χ0) is 25.0. The van der Waals surface area contributed by atoms with Crippen LogP contribution in [-0.4, -0.2) is 47.2 Å². The number of hydrogen-bond donors (Lipinski definition) is 1. The van der Waals surface area contributed by atoms with Crippen molar-refractivity contribution in [1.82, 2.24) is 29.6 Å². The van der Waals surface area contributed by atoms with Crippen molar-refractivity contribution in [2.45, 2.75) is 50.5 Å². The molecule has 13 heteroatoms. The summed E-state index contributed by atoms with van der Waals surface area (Å²) in [5, 5.41) is 10.0. The summed E-state index contributed by atoms with van der Waals surface area (Å²) in [6, 6.07) is 0.413. The Bertz CT molecular complexity index is 1250. The van der Waals surface area contributed by atoms with Gasteiger partial charge in [-0.25, -0.2) is 23.5 Å². The number of nitrogens with zero attached hydrogens (tertiary/aromatic N) is 6. The van der Waals surface area contributed by atoms with Gasteiger partial charge < -0.3 is 14.8 Å². The number of urea groups is 1. The highest BCUT2D eigenvalue weighted by molar-refractivity contribution is 5.92. The van der Waals surface area contributed by atoms with E-state index in [-0.39, 0.29) is 12.1 Å². The lowest BCUT2D eigenvalue weighted by molar-refractivity contribution is -0.137. The third kappa shape index (κ3) is 4.19. The maximum absolute atomic E-state index is 14.8. The van der Waals surface area contributed by atoms with Crippen molar-refractivity contribution in [2.75, 3.05) is 5.32 Å². The second kappa shape index (κ2) is 8.24. The number of halogens is 5. The largest absolute Gasteiger partial charge is 0.417 e. The molecule has 0 spiro atoms. The number of fused-ring (bicyclic) bond motifs is 2. The van der Waals surface area contributed by atoms with Gasteiger partial charge in [0.05, 0.1) is 29.2 Å². The highest BCUT2D eigenvalue weighted by Crippen LogP contribution is 2.51. The first-order valence-corrected chi connectivity index (χ1v) is 10.9. The number of carbonyl (C=O) groups excluding carboxylic acids is 1. The third-order valence-corrected chi connectivity index (χ3v) is 6.57. The van der Waals surface area contributed by atoms with Crippen LogP contribution in [0.1, 0.15) is 31.7 Å². The predicted molar refractivity (Wildman–Crippen MR) is 113 cm³/mol. The van der Waals surface area contributed by atoms with E-state index in [1.807, 2.05) is 0 Å². The Balaban J connectivity index is 1.47. The van der Waals surface area contributed by atoms with Crippen LogP contribution in [0.4, 0.5) is 32.4 Å². The number of carbonyl (C=O) groups is 1. The van der Waals surface area contributed by atoms with Gasteiger partial charge in [0, 0.05) is 18.2 Å². The van der Waals surface area contributed by atoms with Crippen LogP contribution in [0.2, 0.25) is 0 Å². The molecule has 1 saturated carbocycles. The summed E-state index contributed by atoms with van der Waals surface area (Å²) in [6.45, 7) is 2.53. The molecule has 4 heterocycles. The standard InChI is InChI=1S/C22H20F5N7O/c1-12-2-14-6-21(5-12,9-33-10-30-31-11-33)34(14)20(35)32-18-3-15(19-28-7-13(23)8-29-19)16(4-17(18)24)22(25,26)27/h3-4,7-8,10-12,14H,2,5-6,9H2,1H3,(H,32,35)/t12-,14?,21?/m0/s1. The highest BCUT2D eigenvalue weighted by atomic mass is 19.4. The molecule has 2 saturated heterocycles. The molecule has 2 bridgehead atoms. The van der Waals surface area contributed by atoms with E-state index in [0.717, 1.165) is 18.9 Å². The number of benzene rings is 1. The molecule has 8 nitrogen and oxygen atoms in total. The van der Waals surface area contributed by atoms with E-state index in [9.17, 15) is 26.7 Å². The molecular weight excluding hydrogens is 473 g/mol. The van der Waals surface area contributed by atoms with Crippen LogP contribution in [0, 0.1) is 17.6 Å². The second-order valence-corrected chi connectivity index (χ2v) is 9.16. The van der Waals surface area contributed by atoms with Gasteiger partial charge in [-0.2, -0.15) is 13.2 Å². The number of nitrogens with one attached hydrogen (secondary N) is 1. The van der Waals surface area contributed by atoms with Crippen LogP contribution in [-0.2, 0) is 12.7 Å². The molecule has 2 unspecified atom stereocenters. The zero-order valence-corrected chi connectivity index (χ0v) is 18.4. The van der Waals surface area contributed by atoms with Gasteiger partial charge >= 0.3 is 12.2 Å². The van der Waals surface area contributed by atoms with Crippen LogP contribution in [0.3, 0.4) is 0 Å². The first-order chi connectivity index (χ1) is 16.6. The van der Waals surface area contributed by atoms with E-state index >= 15 is 0 Å². The van der Waals surface area contributed by atoms with E-state index in [4.69, 9.17) is 0 Å². The number of amides is 2. The molecule has 35 heavy (non-hydrogen) atoms. The molecule has 3 aromatic rings. The summed E-state index contributed by atoms with van der Waals surface area (Å²) in [6.07, 6.45) is 1.80. The number of anilines is 1. The fourth-order valence-electron chi connectivity index (χ4n) is 5.42. The monoisotopic (exact) mass is 493 g/mol. The fraction of sp³-hybridized carbons (Fsp3) is 0.409. The molecule has 2 aliphatic heterocycles. The summed E-state index contributed by atoms with van der Waals surface area (Å²) in [5.74, 6) is -2.19. The number of aromatic nitrogens is 5. The second-order valence-electron chi connectivity index (χ2n) is 9.16. The Kier molecular flexibility index (Phi) is 5.44. The normalized spacial score (nSPS) is 23.7. The molecule has 3 atom stereocenters. The Hall–Kier alpha value is -3.64. The van der Waals surface area contributed by atoms with Gasteiger partial charge in [0.15, 0.2) is 11.6 Å². The summed E-state index contributed by atoms with van der Waals surface area (Å²) in [5.41, 5.74) is -2.91. The molecule has 3 aliphatic rings. The topological polar surface area (TPSA) is 88.8 Å². The molecule has 2 aromatic heterocycles. The van der Waals surface area contributed by atoms with E-state index in [1.165, 1.54) is 0 Å². The molecule has 2 amide bonds. The van der Waals surface area contributed by atoms with Crippen LogP contribution in [0.5, 0.6) is 0 Å². The third-order valence-electron chi connectivity index (χ3n) is 6.57. The summed E-state index contributed by atoms with van der Waals surface area (Å²) in [7, 11) is 0. The zero-order valence-electron chi connectivity index (χ0n) is 18.4. The average molecular weight is 493 g/mol. The first kappa shape index (κ1) is 23.1. The van der Waals surface area contributed by atoms with Crippen molar-refractivity contribution in [3.05, 3.63) is 54.4 Å². The average Bonchev–Trinajstić information content (AvgIpc) is 3.27. The molecule has 1 aromatic carbocycles. The molecule has 184 valence electrons. The number of rotatable bonds is 4. The minimum Gasteiger partial charge on any atom is -0.318 e. The molecular formula is C22H20F5N7O. The Morgan fingerprint density at radius 2 is 1.83 bits per heavy atom. The lowest BCUT2D eigenvalue weighted by atomic mass is 9.64. The Morgan fingerprint density at radius 3 is 2.49 bits per heavy atom. The van der Waals surface area contributed by atoms with Crippen LogP contribution >= 0.6 is 0 Å². The van der Waals surface area contributed by atoms with Gasteiger partial charge in [-0.1, -0.05) is 6.92 Å². The number of piperidine rings is 1. The van der Waals surface area contributed by atoms with Gasteiger partial charge in [-0.05, 0) is 37.3 Å². The van der Waals surface area contributed by atoms with Crippen molar-refractivity contribution in [3.63, 3.8) is 0 Å². The maximum Gasteiger partial charge on any atom is 0.417 e. The van der Waals surface area contributed by atoms with Crippen LogP contribution < -0.4 is 5.32 Å². The molecule has 6 rings (SSSR count).